The number of hydrogen-bond donors (Lipinski definition) is 4. The molecule has 0 spiro atoms. The van der Waals surface area contributed by atoms with E-state index in [9.17, 15) is 14.4 Å². The number of rotatable bonds is 6. The number of benzene rings is 1. The van der Waals surface area contributed by atoms with Crippen LogP contribution in [0.25, 0.3) is 0 Å². The molecule has 1 aromatic carbocycles. The molecule has 0 saturated heterocycles. The predicted molar refractivity (Wildman–Crippen MR) is 82.6 cm³/mol. The molecule has 1 rings (SSSR count). The molecule has 0 bridgehead atoms. The summed E-state index contributed by atoms with van der Waals surface area (Å²) >= 11 is 3.33. The van der Waals surface area contributed by atoms with E-state index in [1.54, 1.807) is 6.07 Å². The van der Waals surface area contributed by atoms with Crippen LogP contribution in [0.1, 0.15) is 5.56 Å². The van der Waals surface area contributed by atoms with Gasteiger partial charge in [0.25, 0.3) is 0 Å². The number of carbonyl (C=O) groups is 3. The summed E-state index contributed by atoms with van der Waals surface area (Å²) in [7, 11) is 0. The van der Waals surface area contributed by atoms with E-state index >= 15 is 0 Å². The summed E-state index contributed by atoms with van der Waals surface area (Å²) in [6, 6.07) is 5.45. The van der Waals surface area contributed by atoms with Gasteiger partial charge in [-0.15, -0.1) is 0 Å². The Morgan fingerprint density at radius 1 is 1.10 bits per heavy atom. The van der Waals surface area contributed by atoms with Crippen molar-refractivity contribution in [2.24, 2.45) is 5.73 Å². The molecule has 21 heavy (non-hydrogen) atoms. The minimum atomic E-state index is -0.459. The molecule has 7 nitrogen and oxygen atoms in total. The molecule has 0 heterocycles. The van der Waals surface area contributed by atoms with E-state index < -0.39 is 11.8 Å². The average molecular weight is 357 g/mol. The molecule has 1 aromatic rings. The molecule has 0 aliphatic heterocycles. The largest absolute Gasteiger partial charge is 0.346 e. The summed E-state index contributed by atoms with van der Waals surface area (Å²) < 4.78 is 0.918. The first-order valence-electron chi connectivity index (χ1n) is 6.22. The Balaban J connectivity index is 2.37. The molecule has 0 saturated carbocycles. The highest BCUT2D eigenvalue weighted by molar-refractivity contribution is 9.10. The zero-order valence-electron chi connectivity index (χ0n) is 11.5. The van der Waals surface area contributed by atoms with Crippen molar-refractivity contribution in [3.8, 4) is 0 Å². The van der Waals surface area contributed by atoms with Gasteiger partial charge in [-0.05, 0) is 30.7 Å². The van der Waals surface area contributed by atoms with Gasteiger partial charge >= 0.3 is 0 Å². The summed E-state index contributed by atoms with van der Waals surface area (Å²) in [5.41, 5.74) is 6.66. The third kappa shape index (κ3) is 6.37. The molecule has 0 aliphatic rings. The van der Waals surface area contributed by atoms with Crippen molar-refractivity contribution in [3.63, 3.8) is 0 Å². The van der Waals surface area contributed by atoms with Crippen molar-refractivity contribution in [2.75, 3.05) is 25.0 Å². The number of nitrogens with two attached hydrogens (primary N) is 1. The minimum Gasteiger partial charge on any atom is -0.346 e. The van der Waals surface area contributed by atoms with Crippen LogP contribution >= 0.6 is 15.9 Å². The van der Waals surface area contributed by atoms with Crippen molar-refractivity contribution in [3.05, 3.63) is 28.2 Å². The van der Waals surface area contributed by atoms with E-state index in [0.29, 0.717) is 5.69 Å². The maximum absolute atomic E-state index is 11.7. The first-order chi connectivity index (χ1) is 9.92. The fourth-order valence-electron chi connectivity index (χ4n) is 1.45. The van der Waals surface area contributed by atoms with E-state index in [1.165, 1.54) is 0 Å². The molecule has 0 atom stereocenters. The van der Waals surface area contributed by atoms with Crippen LogP contribution in [0.15, 0.2) is 22.7 Å². The van der Waals surface area contributed by atoms with Crippen LogP contribution in [0.4, 0.5) is 5.69 Å². The Hall–Kier alpha value is -1.93. The van der Waals surface area contributed by atoms with Gasteiger partial charge in [-0.2, -0.15) is 0 Å². The van der Waals surface area contributed by atoms with Crippen molar-refractivity contribution >= 4 is 39.3 Å². The average Bonchev–Trinajstić information content (AvgIpc) is 2.45. The maximum atomic E-state index is 11.7. The van der Waals surface area contributed by atoms with Crippen LogP contribution in [-0.4, -0.2) is 37.4 Å². The lowest BCUT2D eigenvalue weighted by molar-refractivity contribution is -0.126. The van der Waals surface area contributed by atoms with Crippen molar-refractivity contribution in [1.29, 1.82) is 0 Å². The minimum absolute atomic E-state index is 0.174. The molecular weight excluding hydrogens is 340 g/mol. The predicted octanol–water partition coefficient (Wildman–Crippen LogP) is -0.113. The van der Waals surface area contributed by atoms with E-state index in [4.69, 9.17) is 5.73 Å². The molecule has 8 heteroatoms. The summed E-state index contributed by atoms with van der Waals surface area (Å²) in [4.78, 5) is 33.9. The second kappa shape index (κ2) is 8.38. The maximum Gasteiger partial charge on any atom is 0.243 e. The van der Waals surface area contributed by atoms with Gasteiger partial charge in [0.2, 0.25) is 17.7 Å². The van der Waals surface area contributed by atoms with Gasteiger partial charge in [0.1, 0.15) is 0 Å². The third-order valence-corrected chi connectivity index (χ3v) is 3.03. The van der Waals surface area contributed by atoms with Gasteiger partial charge < -0.3 is 21.7 Å². The molecule has 0 radical (unpaired) electrons. The summed E-state index contributed by atoms with van der Waals surface area (Å²) in [6.45, 7) is 1.30. The zero-order chi connectivity index (χ0) is 15.8. The number of amides is 3. The Kier molecular flexibility index (Phi) is 6.83. The smallest absolute Gasteiger partial charge is 0.243 e. The number of nitrogens with one attached hydrogen (secondary N) is 3. The molecule has 0 aliphatic carbocycles. The van der Waals surface area contributed by atoms with Crippen molar-refractivity contribution in [2.45, 2.75) is 6.92 Å². The Labute approximate surface area is 130 Å². The van der Waals surface area contributed by atoms with Crippen LogP contribution in [0.3, 0.4) is 0 Å². The molecule has 0 unspecified atom stereocenters. The standard InChI is InChI=1S/C13H17BrN4O3/c1-8-4-9(14)2-3-10(8)18-13(21)7-17-12(20)6-16-11(19)5-15/h2-4H,5-7,15H2,1H3,(H,16,19)(H,17,20)(H,18,21). The number of aryl methyl sites for hydroxylation is 1. The highest BCUT2D eigenvalue weighted by Crippen LogP contribution is 2.19. The van der Waals surface area contributed by atoms with E-state index in [-0.39, 0.29) is 25.5 Å². The van der Waals surface area contributed by atoms with Crippen LogP contribution in [0.5, 0.6) is 0 Å². The topological polar surface area (TPSA) is 113 Å². The van der Waals surface area contributed by atoms with Gasteiger partial charge in [0, 0.05) is 10.2 Å². The molecule has 0 aromatic heterocycles. The summed E-state index contributed by atoms with van der Waals surface area (Å²) in [5.74, 6) is -1.24. The number of carbonyl (C=O) groups excluding carboxylic acids is 3. The highest BCUT2D eigenvalue weighted by Gasteiger charge is 2.08. The second-order valence-corrected chi connectivity index (χ2v) is 5.18. The van der Waals surface area contributed by atoms with Gasteiger partial charge in [0.15, 0.2) is 0 Å². The van der Waals surface area contributed by atoms with E-state index in [2.05, 4.69) is 31.9 Å². The number of halogens is 1. The zero-order valence-corrected chi connectivity index (χ0v) is 13.1. The Morgan fingerprint density at radius 2 is 1.71 bits per heavy atom. The van der Waals surface area contributed by atoms with Gasteiger partial charge in [-0.1, -0.05) is 15.9 Å². The highest BCUT2D eigenvalue weighted by atomic mass is 79.9. The quantitative estimate of drug-likeness (QED) is 0.569. The van der Waals surface area contributed by atoms with Gasteiger partial charge in [-0.3, -0.25) is 14.4 Å². The summed E-state index contributed by atoms with van der Waals surface area (Å²) in [6.07, 6.45) is 0. The van der Waals surface area contributed by atoms with Crippen LogP contribution < -0.4 is 21.7 Å². The fourth-order valence-corrected chi connectivity index (χ4v) is 1.93. The molecular formula is C13H17BrN4O3. The normalized spacial score (nSPS) is 9.86. The Morgan fingerprint density at radius 3 is 2.33 bits per heavy atom. The first-order valence-corrected chi connectivity index (χ1v) is 7.01. The van der Waals surface area contributed by atoms with Crippen LogP contribution in [0.2, 0.25) is 0 Å². The number of hydrogen-bond acceptors (Lipinski definition) is 4. The summed E-state index contributed by atoms with van der Waals surface area (Å²) in [5, 5.41) is 7.39. The van der Waals surface area contributed by atoms with E-state index in [0.717, 1.165) is 10.0 Å². The van der Waals surface area contributed by atoms with Gasteiger partial charge in [0.05, 0.1) is 19.6 Å². The third-order valence-electron chi connectivity index (χ3n) is 2.54. The molecule has 3 amide bonds. The lowest BCUT2D eigenvalue weighted by atomic mass is 10.2. The van der Waals surface area contributed by atoms with Crippen molar-refractivity contribution < 1.29 is 14.4 Å². The first kappa shape index (κ1) is 17.1. The molecule has 114 valence electrons. The van der Waals surface area contributed by atoms with Crippen molar-refractivity contribution in [1.82, 2.24) is 10.6 Å². The van der Waals surface area contributed by atoms with Crippen LogP contribution in [0, 0.1) is 6.92 Å². The van der Waals surface area contributed by atoms with E-state index in [1.807, 2.05) is 19.1 Å². The Bertz CT molecular complexity index is 548. The second-order valence-electron chi connectivity index (χ2n) is 4.27. The SMILES string of the molecule is Cc1cc(Br)ccc1NC(=O)CNC(=O)CNC(=O)CN. The molecule has 5 N–H and O–H groups in total. The van der Waals surface area contributed by atoms with Gasteiger partial charge in [-0.25, -0.2) is 0 Å². The lowest BCUT2D eigenvalue weighted by Gasteiger charge is -2.10. The number of anilines is 1. The molecule has 0 fully saturated rings. The lowest BCUT2D eigenvalue weighted by Crippen LogP contribution is -2.41. The monoisotopic (exact) mass is 356 g/mol. The fraction of sp³-hybridized carbons (Fsp3) is 0.308. The van der Waals surface area contributed by atoms with Crippen LogP contribution in [-0.2, 0) is 14.4 Å².